The largest absolute Gasteiger partial charge is 0.377 e. The molecule has 0 bridgehead atoms. The van der Waals surface area contributed by atoms with E-state index in [4.69, 9.17) is 5.73 Å². The van der Waals surface area contributed by atoms with E-state index in [-0.39, 0.29) is 11.5 Å². The number of primary amides is 1. The van der Waals surface area contributed by atoms with Gasteiger partial charge in [0.25, 0.3) is 5.91 Å². The Hall–Kier alpha value is -2.64. The zero-order chi connectivity index (χ0) is 17.6. The standard InChI is InChI=1S/C16H20FN5O2/c1-9(16(2,3)17)20-14-11(15(18)24)7-19-22-8-10(6-12(14)22)21-5-4-13(21)23/h6-9,20H,4-5H2,1-3H3,(H2,18,24). The first-order valence-corrected chi connectivity index (χ1v) is 7.75. The highest BCUT2D eigenvalue weighted by Gasteiger charge is 2.29. The number of halogens is 1. The first-order valence-electron chi connectivity index (χ1n) is 7.75. The van der Waals surface area contributed by atoms with Crippen molar-refractivity contribution in [3.63, 3.8) is 0 Å². The van der Waals surface area contributed by atoms with E-state index in [0.29, 0.717) is 29.9 Å². The van der Waals surface area contributed by atoms with Crippen LogP contribution in [0.1, 0.15) is 37.6 Å². The number of β-lactam (4-membered cyclic amide) rings is 1. The fraction of sp³-hybridized carbons (Fsp3) is 0.438. The van der Waals surface area contributed by atoms with Crippen LogP contribution in [-0.4, -0.2) is 39.7 Å². The molecule has 0 aromatic carbocycles. The molecule has 1 atom stereocenters. The molecule has 8 heteroatoms. The van der Waals surface area contributed by atoms with Gasteiger partial charge in [-0.25, -0.2) is 8.91 Å². The zero-order valence-corrected chi connectivity index (χ0v) is 13.8. The number of anilines is 2. The smallest absolute Gasteiger partial charge is 0.252 e. The molecule has 128 valence electrons. The maximum Gasteiger partial charge on any atom is 0.252 e. The normalized spacial score (nSPS) is 16.2. The molecule has 2 aromatic rings. The third-order valence-corrected chi connectivity index (χ3v) is 4.44. The molecule has 1 fully saturated rings. The molecule has 0 spiro atoms. The second-order valence-electron chi connectivity index (χ2n) is 6.55. The molecule has 1 aliphatic heterocycles. The third kappa shape index (κ3) is 2.68. The van der Waals surface area contributed by atoms with Gasteiger partial charge < -0.3 is 16.0 Å². The summed E-state index contributed by atoms with van der Waals surface area (Å²) >= 11 is 0. The highest BCUT2D eigenvalue weighted by atomic mass is 19.1. The van der Waals surface area contributed by atoms with Crippen LogP contribution < -0.4 is 16.0 Å². The summed E-state index contributed by atoms with van der Waals surface area (Å²) in [5.74, 6) is -0.618. The van der Waals surface area contributed by atoms with Crippen LogP contribution in [-0.2, 0) is 4.79 Å². The Bertz CT molecular complexity index is 824. The monoisotopic (exact) mass is 333 g/mol. The SMILES string of the molecule is CC(Nc1c(C(N)=O)cnn2cc(N3CCC3=O)cc12)C(C)(C)F. The molecule has 0 saturated carbocycles. The van der Waals surface area contributed by atoms with Crippen molar-refractivity contribution >= 4 is 28.7 Å². The summed E-state index contributed by atoms with van der Waals surface area (Å²) in [6.07, 6.45) is 3.56. The van der Waals surface area contributed by atoms with Gasteiger partial charge >= 0.3 is 0 Å². The van der Waals surface area contributed by atoms with E-state index in [1.807, 2.05) is 0 Å². The second kappa shape index (κ2) is 5.47. The number of nitrogens with two attached hydrogens (primary N) is 1. The van der Waals surface area contributed by atoms with Gasteiger partial charge in [-0.2, -0.15) is 5.10 Å². The number of amides is 2. The van der Waals surface area contributed by atoms with Crippen LogP contribution in [0.4, 0.5) is 15.8 Å². The molecule has 3 N–H and O–H groups in total. The molecule has 3 heterocycles. The average molecular weight is 333 g/mol. The van der Waals surface area contributed by atoms with E-state index in [9.17, 15) is 14.0 Å². The zero-order valence-electron chi connectivity index (χ0n) is 13.8. The molecule has 0 radical (unpaired) electrons. The molecule has 7 nitrogen and oxygen atoms in total. The highest BCUT2D eigenvalue weighted by molar-refractivity contribution is 6.04. The van der Waals surface area contributed by atoms with Crippen LogP contribution >= 0.6 is 0 Å². The van der Waals surface area contributed by atoms with Gasteiger partial charge in [-0.15, -0.1) is 0 Å². The summed E-state index contributed by atoms with van der Waals surface area (Å²) in [7, 11) is 0. The van der Waals surface area contributed by atoms with Crippen molar-refractivity contribution in [1.29, 1.82) is 0 Å². The molecule has 24 heavy (non-hydrogen) atoms. The lowest BCUT2D eigenvalue weighted by molar-refractivity contribution is -0.122. The Morgan fingerprint density at radius 2 is 2.21 bits per heavy atom. The van der Waals surface area contributed by atoms with E-state index in [0.717, 1.165) is 0 Å². The Labute approximate surface area is 138 Å². The number of carbonyl (C=O) groups is 2. The third-order valence-electron chi connectivity index (χ3n) is 4.44. The number of hydrogen-bond acceptors (Lipinski definition) is 4. The summed E-state index contributed by atoms with van der Waals surface area (Å²) in [5.41, 5.74) is 5.78. The fourth-order valence-corrected chi connectivity index (χ4v) is 2.51. The van der Waals surface area contributed by atoms with Crippen LogP contribution in [0.25, 0.3) is 5.52 Å². The maximum atomic E-state index is 14.2. The van der Waals surface area contributed by atoms with Crippen molar-refractivity contribution in [2.45, 2.75) is 38.9 Å². The summed E-state index contributed by atoms with van der Waals surface area (Å²) < 4.78 is 15.7. The molecule has 1 saturated heterocycles. The molecule has 1 unspecified atom stereocenters. The lowest BCUT2D eigenvalue weighted by atomic mass is 10.0. The number of hydrogen-bond donors (Lipinski definition) is 2. The van der Waals surface area contributed by atoms with Crippen LogP contribution in [0.15, 0.2) is 18.5 Å². The molecular formula is C16H20FN5O2. The maximum absolute atomic E-state index is 14.2. The van der Waals surface area contributed by atoms with Crippen molar-refractivity contribution in [3.8, 4) is 0 Å². The van der Waals surface area contributed by atoms with E-state index in [2.05, 4.69) is 10.4 Å². The van der Waals surface area contributed by atoms with Crippen molar-refractivity contribution < 1.29 is 14.0 Å². The van der Waals surface area contributed by atoms with Gasteiger partial charge in [0, 0.05) is 13.0 Å². The number of nitrogens with one attached hydrogen (secondary N) is 1. The minimum atomic E-state index is -1.50. The van der Waals surface area contributed by atoms with Gasteiger partial charge in [-0.1, -0.05) is 0 Å². The Morgan fingerprint density at radius 3 is 2.71 bits per heavy atom. The molecule has 2 aromatic heterocycles. The van der Waals surface area contributed by atoms with Crippen molar-refractivity contribution in [2.75, 3.05) is 16.8 Å². The fourth-order valence-electron chi connectivity index (χ4n) is 2.51. The molecule has 0 aliphatic carbocycles. The molecule has 1 aliphatic rings. The van der Waals surface area contributed by atoms with E-state index < -0.39 is 17.6 Å². The number of fused-ring (bicyclic) bond motifs is 1. The van der Waals surface area contributed by atoms with E-state index in [1.54, 1.807) is 28.6 Å². The van der Waals surface area contributed by atoms with Crippen LogP contribution in [0, 0.1) is 0 Å². The number of alkyl halides is 1. The quantitative estimate of drug-likeness (QED) is 0.815. The predicted octanol–water partition coefficient (Wildman–Crippen LogP) is 1.72. The molecule has 2 amide bonds. The summed E-state index contributed by atoms with van der Waals surface area (Å²) in [6.45, 7) is 5.24. The Balaban J connectivity index is 2.10. The lowest BCUT2D eigenvalue weighted by Crippen LogP contribution is -2.43. The molecule has 3 rings (SSSR count). The van der Waals surface area contributed by atoms with Crippen molar-refractivity contribution in [3.05, 3.63) is 24.0 Å². The molecular weight excluding hydrogens is 313 g/mol. The first-order chi connectivity index (χ1) is 11.2. The van der Waals surface area contributed by atoms with Crippen LogP contribution in [0.3, 0.4) is 0 Å². The van der Waals surface area contributed by atoms with E-state index in [1.165, 1.54) is 20.0 Å². The predicted molar refractivity (Wildman–Crippen MR) is 89.0 cm³/mol. The summed E-state index contributed by atoms with van der Waals surface area (Å²) in [5, 5.41) is 7.20. The minimum Gasteiger partial charge on any atom is -0.377 e. The van der Waals surface area contributed by atoms with Crippen molar-refractivity contribution in [1.82, 2.24) is 9.61 Å². The minimum absolute atomic E-state index is 0.0359. The lowest BCUT2D eigenvalue weighted by Gasteiger charge is -2.29. The Kier molecular flexibility index (Phi) is 3.70. The van der Waals surface area contributed by atoms with Gasteiger partial charge in [0.05, 0.1) is 40.9 Å². The van der Waals surface area contributed by atoms with Crippen LogP contribution in [0.2, 0.25) is 0 Å². The summed E-state index contributed by atoms with van der Waals surface area (Å²) in [4.78, 5) is 25.0. The number of aromatic nitrogens is 2. The first kappa shape index (κ1) is 16.2. The highest BCUT2D eigenvalue weighted by Crippen LogP contribution is 2.31. The second-order valence-corrected chi connectivity index (χ2v) is 6.55. The number of nitrogens with zero attached hydrogens (tertiary/aromatic N) is 3. The van der Waals surface area contributed by atoms with Gasteiger partial charge in [-0.05, 0) is 26.8 Å². The average Bonchev–Trinajstić information content (AvgIpc) is 2.88. The topological polar surface area (TPSA) is 92.7 Å². The van der Waals surface area contributed by atoms with E-state index >= 15 is 0 Å². The summed E-state index contributed by atoms with van der Waals surface area (Å²) in [6, 6.07) is 1.18. The van der Waals surface area contributed by atoms with Crippen molar-refractivity contribution in [2.24, 2.45) is 5.73 Å². The van der Waals surface area contributed by atoms with Gasteiger partial charge in [0.15, 0.2) is 0 Å². The van der Waals surface area contributed by atoms with Crippen LogP contribution in [0.5, 0.6) is 0 Å². The number of carbonyl (C=O) groups excluding carboxylic acids is 2. The Morgan fingerprint density at radius 1 is 1.50 bits per heavy atom. The van der Waals surface area contributed by atoms with Gasteiger partial charge in [0.2, 0.25) is 5.91 Å². The van der Waals surface area contributed by atoms with Gasteiger partial charge in [0.1, 0.15) is 5.67 Å². The number of rotatable bonds is 5. The van der Waals surface area contributed by atoms with Gasteiger partial charge in [-0.3, -0.25) is 9.59 Å².